The number of ether oxygens (including phenoxy) is 2. The Morgan fingerprint density at radius 3 is 2.59 bits per heavy atom. The van der Waals surface area contributed by atoms with Gasteiger partial charge in [-0.15, -0.1) is 0 Å². The summed E-state index contributed by atoms with van der Waals surface area (Å²) >= 11 is 4.61. The highest BCUT2D eigenvalue weighted by molar-refractivity contribution is 9.10. The van der Waals surface area contributed by atoms with Crippen LogP contribution >= 0.6 is 27.7 Å². The summed E-state index contributed by atoms with van der Waals surface area (Å²) in [6, 6.07) is 12.4. The van der Waals surface area contributed by atoms with Crippen LogP contribution in [0.2, 0.25) is 0 Å². The summed E-state index contributed by atoms with van der Waals surface area (Å²) in [6.45, 7) is 4.78. The molecule has 8 heteroatoms. The normalized spacial score (nSPS) is 16.2. The van der Waals surface area contributed by atoms with Crippen LogP contribution in [0.4, 0.5) is 0 Å². The van der Waals surface area contributed by atoms with E-state index >= 15 is 0 Å². The van der Waals surface area contributed by atoms with Gasteiger partial charge in [-0.05, 0) is 77.4 Å². The van der Waals surface area contributed by atoms with Crippen LogP contribution < -0.4 is 14.8 Å². The second-order valence-electron chi connectivity index (χ2n) is 5.85. The number of amidine groups is 1. The van der Waals surface area contributed by atoms with Crippen LogP contribution in [0.3, 0.4) is 0 Å². The largest absolute Gasteiger partial charge is 0.490 e. The standard InChI is InChI=1S/C21H19BrN2O4S/c1-3-27-16-11-13(10-15(22)18(16)28-4-2)12-17-20(26)24-21(29-17)23-19(25)14-8-6-5-7-9-14/h5-12H,3-4H2,1-2H3,(H,23,24,25,26)/b17-12-. The van der Waals surface area contributed by atoms with Crippen LogP contribution in [0.25, 0.3) is 6.08 Å². The molecule has 0 aromatic heterocycles. The van der Waals surface area contributed by atoms with Crippen molar-refractivity contribution >= 4 is 50.7 Å². The summed E-state index contributed by atoms with van der Waals surface area (Å²) in [5.74, 6) is 0.498. The summed E-state index contributed by atoms with van der Waals surface area (Å²) in [5.41, 5.74) is 1.22. The zero-order valence-corrected chi connectivity index (χ0v) is 18.3. The van der Waals surface area contributed by atoms with E-state index in [9.17, 15) is 9.59 Å². The minimum absolute atomic E-state index is 0.255. The maximum Gasteiger partial charge on any atom is 0.279 e. The number of thioether (sulfide) groups is 1. The van der Waals surface area contributed by atoms with Crippen molar-refractivity contribution in [3.05, 3.63) is 63.0 Å². The maximum absolute atomic E-state index is 12.3. The number of rotatable bonds is 6. The highest BCUT2D eigenvalue weighted by atomic mass is 79.9. The quantitative estimate of drug-likeness (QED) is 0.616. The maximum atomic E-state index is 12.3. The Labute approximate surface area is 181 Å². The van der Waals surface area contributed by atoms with Crippen molar-refractivity contribution in [2.24, 2.45) is 4.99 Å². The molecule has 0 radical (unpaired) electrons. The molecule has 0 atom stereocenters. The van der Waals surface area contributed by atoms with Crippen LogP contribution in [-0.4, -0.2) is 30.2 Å². The molecule has 1 N–H and O–H groups in total. The van der Waals surface area contributed by atoms with Crippen molar-refractivity contribution in [2.45, 2.75) is 13.8 Å². The third kappa shape index (κ3) is 5.27. The van der Waals surface area contributed by atoms with Crippen molar-refractivity contribution < 1.29 is 19.1 Å². The van der Waals surface area contributed by atoms with Crippen LogP contribution in [0.5, 0.6) is 11.5 Å². The molecule has 3 rings (SSSR count). The van der Waals surface area contributed by atoms with Gasteiger partial charge in [-0.1, -0.05) is 18.2 Å². The molecule has 0 bridgehead atoms. The number of carbonyl (C=O) groups is 2. The van der Waals surface area contributed by atoms with Gasteiger partial charge in [0, 0.05) is 5.56 Å². The number of aliphatic imine (C=N–C) groups is 1. The molecule has 1 saturated heterocycles. The highest BCUT2D eigenvalue weighted by Crippen LogP contribution is 2.38. The van der Waals surface area contributed by atoms with E-state index in [1.54, 1.807) is 30.3 Å². The molecule has 1 aliphatic rings. The number of halogens is 1. The molecule has 2 amide bonds. The van der Waals surface area contributed by atoms with Gasteiger partial charge in [-0.25, -0.2) is 0 Å². The monoisotopic (exact) mass is 474 g/mol. The van der Waals surface area contributed by atoms with Gasteiger partial charge in [0.15, 0.2) is 16.7 Å². The number of benzene rings is 2. The van der Waals surface area contributed by atoms with Gasteiger partial charge >= 0.3 is 0 Å². The molecule has 6 nitrogen and oxygen atoms in total. The first-order valence-electron chi connectivity index (χ1n) is 9.00. The number of hydrogen-bond donors (Lipinski definition) is 1. The fourth-order valence-corrected chi connectivity index (χ4v) is 3.98. The molecule has 2 aromatic carbocycles. The van der Waals surface area contributed by atoms with E-state index in [1.807, 2.05) is 32.0 Å². The fourth-order valence-electron chi connectivity index (χ4n) is 2.59. The van der Waals surface area contributed by atoms with E-state index in [1.165, 1.54) is 0 Å². The smallest absolute Gasteiger partial charge is 0.279 e. The second kappa shape index (κ2) is 9.76. The fraction of sp³-hybridized carbons (Fsp3) is 0.190. The molecule has 0 unspecified atom stereocenters. The molecule has 0 saturated carbocycles. The van der Waals surface area contributed by atoms with E-state index in [2.05, 4.69) is 26.2 Å². The van der Waals surface area contributed by atoms with Crippen LogP contribution in [-0.2, 0) is 4.79 Å². The lowest BCUT2D eigenvalue weighted by molar-refractivity contribution is -0.115. The van der Waals surface area contributed by atoms with Gasteiger partial charge in [0.2, 0.25) is 0 Å². The predicted molar refractivity (Wildman–Crippen MR) is 118 cm³/mol. The van der Waals surface area contributed by atoms with Crippen LogP contribution in [0.1, 0.15) is 29.8 Å². The van der Waals surface area contributed by atoms with Crippen LogP contribution in [0, 0.1) is 0 Å². The van der Waals surface area contributed by atoms with Gasteiger partial charge in [-0.2, -0.15) is 4.99 Å². The van der Waals surface area contributed by atoms with Gasteiger partial charge in [-0.3, -0.25) is 9.59 Å². The van der Waals surface area contributed by atoms with E-state index in [4.69, 9.17) is 9.47 Å². The molecule has 1 heterocycles. The van der Waals surface area contributed by atoms with E-state index < -0.39 is 5.91 Å². The molecule has 29 heavy (non-hydrogen) atoms. The lowest BCUT2D eigenvalue weighted by Gasteiger charge is -2.13. The Balaban J connectivity index is 1.84. The summed E-state index contributed by atoms with van der Waals surface area (Å²) in [6.07, 6.45) is 1.72. The molecule has 0 aliphatic carbocycles. The Morgan fingerprint density at radius 1 is 1.17 bits per heavy atom. The van der Waals surface area contributed by atoms with Crippen molar-refractivity contribution in [1.82, 2.24) is 5.32 Å². The average molecular weight is 475 g/mol. The van der Waals surface area contributed by atoms with E-state index in [0.29, 0.717) is 35.2 Å². The highest BCUT2D eigenvalue weighted by Gasteiger charge is 2.25. The Bertz CT molecular complexity index is 990. The predicted octanol–water partition coefficient (Wildman–Crippen LogP) is 4.65. The molecular formula is C21H19BrN2O4S. The SMILES string of the molecule is CCOc1cc(/C=C2\SC(=NC(=O)c3ccccc3)NC2=O)cc(Br)c1OCC. The Hall–Kier alpha value is -2.58. The third-order valence-corrected chi connectivity index (χ3v) is 5.29. The second-order valence-corrected chi connectivity index (χ2v) is 7.73. The van der Waals surface area contributed by atoms with Crippen molar-refractivity contribution in [1.29, 1.82) is 0 Å². The molecular weight excluding hydrogens is 456 g/mol. The summed E-state index contributed by atoms with van der Waals surface area (Å²) < 4.78 is 12.0. The summed E-state index contributed by atoms with van der Waals surface area (Å²) in [4.78, 5) is 29.0. The minimum Gasteiger partial charge on any atom is -0.490 e. The van der Waals surface area contributed by atoms with Gasteiger partial charge in [0.05, 0.1) is 22.6 Å². The molecule has 1 fully saturated rings. The topological polar surface area (TPSA) is 77.0 Å². The summed E-state index contributed by atoms with van der Waals surface area (Å²) in [7, 11) is 0. The molecule has 2 aromatic rings. The molecule has 150 valence electrons. The third-order valence-electron chi connectivity index (χ3n) is 3.79. The Morgan fingerprint density at radius 2 is 1.90 bits per heavy atom. The molecule has 1 aliphatic heterocycles. The van der Waals surface area contributed by atoms with Crippen molar-refractivity contribution in [2.75, 3.05) is 13.2 Å². The summed E-state index contributed by atoms with van der Waals surface area (Å²) in [5, 5.41) is 2.88. The van der Waals surface area contributed by atoms with Gasteiger partial charge in [0.1, 0.15) is 0 Å². The van der Waals surface area contributed by atoms with Gasteiger partial charge in [0.25, 0.3) is 11.8 Å². The average Bonchev–Trinajstić information content (AvgIpc) is 3.04. The number of hydrogen-bond acceptors (Lipinski definition) is 5. The van der Waals surface area contributed by atoms with E-state index in [0.717, 1.165) is 21.8 Å². The lowest BCUT2D eigenvalue weighted by Crippen LogP contribution is -2.20. The number of carbonyl (C=O) groups excluding carboxylic acids is 2. The van der Waals surface area contributed by atoms with Crippen LogP contribution in [0.15, 0.2) is 56.8 Å². The first kappa shape index (κ1) is 21.1. The number of amides is 2. The zero-order valence-electron chi connectivity index (χ0n) is 15.9. The van der Waals surface area contributed by atoms with Crippen molar-refractivity contribution in [3.8, 4) is 11.5 Å². The first-order chi connectivity index (χ1) is 14.0. The zero-order chi connectivity index (χ0) is 20.8. The number of nitrogens with one attached hydrogen (secondary N) is 1. The Kier molecular flexibility index (Phi) is 7.11. The van der Waals surface area contributed by atoms with Gasteiger partial charge < -0.3 is 14.8 Å². The minimum atomic E-state index is -0.405. The van der Waals surface area contributed by atoms with Crippen molar-refractivity contribution in [3.63, 3.8) is 0 Å². The number of nitrogens with zero attached hydrogens (tertiary/aromatic N) is 1. The molecule has 0 spiro atoms. The first-order valence-corrected chi connectivity index (χ1v) is 10.6. The van der Waals surface area contributed by atoms with E-state index in [-0.39, 0.29) is 11.1 Å². The lowest BCUT2D eigenvalue weighted by atomic mass is 10.2.